The fourth-order valence-corrected chi connectivity index (χ4v) is 3.33. The van der Waals surface area contributed by atoms with Gasteiger partial charge in [-0.2, -0.15) is 0 Å². The molecule has 3 atom stereocenters. The second kappa shape index (κ2) is 6.97. The van der Waals surface area contributed by atoms with Crippen LogP contribution < -0.4 is 5.73 Å². The highest BCUT2D eigenvalue weighted by atomic mass is 16.5. The smallest absolute Gasteiger partial charge is 0.310 e. The van der Waals surface area contributed by atoms with E-state index in [1.54, 1.807) is 0 Å². The lowest BCUT2D eigenvalue weighted by atomic mass is 9.75. The minimum atomic E-state index is -0.134. The van der Waals surface area contributed by atoms with Gasteiger partial charge in [0.25, 0.3) is 0 Å². The molecule has 21 heavy (non-hydrogen) atoms. The van der Waals surface area contributed by atoms with Gasteiger partial charge in [-0.05, 0) is 48.3 Å². The zero-order valence-electron chi connectivity index (χ0n) is 13.3. The zero-order valence-corrected chi connectivity index (χ0v) is 13.3. The van der Waals surface area contributed by atoms with Crippen LogP contribution in [0.1, 0.15) is 45.6 Å². The third-order valence-electron chi connectivity index (χ3n) is 4.54. The van der Waals surface area contributed by atoms with E-state index in [2.05, 4.69) is 20.8 Å². The molecular weight excluding hydrogens is 262 g/mol. The minimum absolute atomic E-state index is 0.0716. The standard InChI is InChI=1S/C18H27NO2/c1-12(2)16-8-7-13(3)9-17(16)21-18(20)11-14-5-4-6-15(19)10-14/h4-6,10,12-13,16-17H,7-9,11,19H2,1-3H3. The first-order valence-corrected chi connectivity index (χ1v) is 7.99. The number of carbonyl (C=O) groups is 1. The molecule has 3 unspecified atom stereocenters. The number of anilines is 1. The number of esters is 1. The van der Waals surface area contributed by atoms with Crippen molar-refractivity contribution in [3.05, 3.63) is 29.8 Å². The fraction of sp³-hybridized carbons (Fsp3) is 0.611. The third-order valence-corrected chi connectivity index (χ3v) is 4.54. The molecule has 2 rings (SSSR count). The number of hydrogen-bond donors (Lipinski definition) is 1. The van der Waals surface area contributed by atoms with Crippen molar-refractivity contribution < 1.29 is 9.53 Å². The molecule has 0 radical (unpaired) electrons. The molecule has 0 spiro atoms. The fourth-order valence-electron chi connectivity index (χ4n) is 3.33. The Morgan fingerprint density at radius 3 is 2.81 bits per heavy atom. The van der Waals surface area contributed by atoms with Gasteiger partial charge in [-0.25, -0.2) is 0 Å². The van der Waals surface area contributed by atoms with Crippen LogP contribution in [-0.2, 0) is 16.0 Å². The Labute approximate surface area is 127 Å². The molecule has 1 aliphatic carbocycles. The average molecular weight is 289 g/mol. The van der Waals surface area contributed by atoms with Crippen LogP contribution in [0.2, 0.25) is 0 Å². The lowest BCUT2D eigenvalue weighted by Gasteiger charge is -2.36. The number of ether oxygens (including phenoxy) is 1. The topological polar surface area (TPSA) is 52.3 Å². The Hall–Kier alpha value is -1.51. The van der Waals surface area contributed by atoms with E-state index in [1.807, 2.05) is 24.3 Å². The van der Waals surface area contributed by atoms with Crippen LogP contribution in [-0.4, -0.2) is 12.1 Å². The molecule has 2 N–H and O–H groups in total. The monoisotopic (exact) mass is 289 g/mol. The van der Waals surface area contributed by atoms with E-state index >= 15 is 0 Å². The van der Waals surface area contributed by atoms with Gasteiger partial charge in [0, 0.05) is 5.69 Å². The molecule has 0 aliphatic heterocycles. The van der Waals surface area contributed by atoms with Crippen molar-refractivity contribution in [2.24, 2.45) is 17.8 Å². The summed E-state index contributed by atoms with van der Waals surface area (Å²) in [5, 5.41) is 0. The van der Waals surface area contributed by atoms with Crippen molar-refractivity contribution in [2.75, 3.05) is 5.73 Å². The second-order valence-electron chi connectivity index (χ2n) is 6.78. The van der Waals surface area contributed by atoms with E-state index in [-0.39, 0.29) is 12.1 Å². The van der Waals surface area contributed by atoms with Gasteiger partial charge in [-0.3, -0.25) is 4.79 Å². The van der Waals surface area contributed by atoms with E-state index < -0.39 is 0 Å². The molecule has 0 amide bonds. The van der Waals surface area contributed by atoms with Gasteiger partial charge in [0.2, 0.25) is 0 Å². The Morgan fingerprint density at radius 1 is 1.38 bits per heavy atom. The number of hydrogen-bond acceptors (Lipinski definition) is 3. The third kappa shape index (κ3) is 4.48. The molecule has 1 aliphatic rings. The van der Waals surface area contributed by atoms with Crippen molar-refractivity contribution in [2.45, 2.75) is 52.6 Å². The summed E-state index contributed by atoms with van der Waals surface area (Å²) in [6, 6.07) is 7.45. The van der Waals surface area contributed by atoms with Crippen LogP contribution in [0.3, 0.4) is 0 Å². The Kier molecular flexibility index (Phi) is 5.27. The van der Waals surface area contributed by atoms with Crippen molar-refractivity contribution in [3.8, 4) is 0 Å². The van der Waals surface area contributed by atoms with Gasteiger partial charge in [0.1, 0.15) is 6.10 Å². The quantitative estimate of drug-likeness (QED) is 0.677. The predicted molar refractivity (Wildman–Crippen MR) is 85.8 cm³/mol. The van der Waals surface area contributed by atoms with Gasteiger partial charge in [0.05, 0.1) is 6.42 Å². The van der Waals surface area contributed by atoms with Gasteiger partial charge < -0.3 is 10.5 Å². The van der Waals surface area contributed by atoms with Crippen LogP contribution >= 0.6 is 0 Å². The highest BCUT2D eigenvalue weighted by molar-refractivity contribution is 5.73. The van der Waals surface area contributed by atoms with E-state index in [1.165, 1.54) is 6.42 Å². The zero-order chi connectivity index (χ0) is 15.4. The van der Waals surface area contributed by atoms with Crippen LogP contribution in [0.15, 0.2) is 24.3 Å². The first-order chi connectivity index (χ1) is 9.95. The summed E-state index contributed by atoms with van der Waals surface area (Å²) in [6.45, 7) is 6.69. The van der Waals surface area contributed by atoms with Crippen LogP contribution in [0, 0.1) is 17.8 Å². The molecule has 3 nitrogen and oxygen atoms in total. The van der Waals surface area contributed by atoms with Gasteiger partial charge in [-0.1, -0.05) is 39.3 Å². The molecule has 1 aromatic carbocycles. The molecule has 1 fully saturated rings. The summed E-state index contributed by atoms with van der Waals surface area (Å²) in [4.78, 5) is 12.2. The molecular formula is C18H27NO2. The van der Waals surface area contributed by atoms with Crippen molar-refractivity contribution in [1.29, 1.82) is 0 Å². The normalized spacial score (nSPS) is 25.8. The van der Waals surface area contributed by atoms with E-state index in [9.17, 15) is 4.79 Å². The Morgan fingerprint density at radius 2 is 2.14 bits per heavy atom. The van der Waals surface area contributed by atoms with E-state index in [0.717, 1.165) is 18.4 Å². The molecule has 0 saturated heterocycles. The summed E-state index contributed by atoms with van der Waals surface area (Å²) in [6.07, 6.45) is 3.77. The van der Waals surface area contributed by atoms with E-state index in [0.29, 0.717) is 29.9 Å². The highest BCUT2D eigenvalue weighted by Crippen LogP contribution is 2.35. The summed E-state index contributed by atoms with van der Waals surface area (Å²) < 4.78 is 5.80. The van der Waals surface area contributed by atoms with E-state index in [4.69, 9.17) is 10.5 Å². The Bertz CT molecular complexity index is 484. The molecule has 0 heterocycles. The van der Waals surface area contributed by atoms with Crippen LogP contribution in [0.5, 0.6) is 0 Å². The second-order valence-corrected chi connectivity index (χ2v) is 6.78. The maximum Gasteiger partial charge on any atom is 0.310 e. The van der Waals surface area contributed by atoms with Crippen LogP contribution in [0.25, 0.3) is 0 Å². The summed E-state index contributed by atoms with van der Waals surface area (Å²) in [5.74, 6) is 1.56. The predicted octanol–water partition coefficient (Wildman–Crippen LogP) is 3.82. The van der Waals surface area contributed by atoms with Gasteiger partial charge in [-0.15, -0.1) is 0 Å². The average Bonchev–Trinajstić information content (AvgIpc) is 2.38. The maximum atomic E-state index is 12.2. The van der Waals surface area contributed by atoms with Gasteiger partial charge in [0.15, 0.2) is 0 Å². The molecule has 3 heteroatoms. The molecule has 1 aromatic rings. The molecule has 0 aromatic heterocycles. The number of benzene rings is 1. The highest BCUT2D eigenvalue weighted by Gasteiger charge is 2.33. The minimum Gasteiger partial charge on any atom is -0.462 e. The SMILES string of the molecule is CC1CCC(C(C)C)C(OC(=O)Cc2cccc(N)c2)C1. The lowest BCUT2D eigenvalue weighted by Crippen LogP contribution is -2.36. The number of carbonyl (C=O) groups excluding carboxylic acids is 1. The first kappa shape index (κ1) is 15.9. The molecule has 116 valence electrons. The lowest BCUT2D eigenvalue weighted by molar-refractivity contribution is -0.155. The summed E-state index contributed by atoms with van der Waals surface area (Å²) in [7, 11) is 0. The van der Waals surface area contributed by atoms with Crippen LogP contribution in [0.4, 0.5) is 5.69 Å². The van der Waals surface area contributed by atoms with Crippen molar-refractivity contribution >= 4 is 11.7 Å². The maximum absolute atomic E-state index is 12.2. The van der Waals surface area contributed by atoms with Crippen molar-refractivity contribution in [1.82, 2.24) is 0 Å². The first-order valence-electron chi connectivity index (χ1n) is 7.99. The molecule has 0 bridgehead atoms. The summed E-state index contributed by atoms with van der Waals surface area (Å²) in [5.41, 5.74) is 7.35. The largest absolute Gasteiger partial charge is 0.462 e. The molecule has 1 saturated carbocycles. The number of rotatable bonds is 4. The Balaban J connectivity index is 1.96. The van der Waals surface area contributed by atoms with Crippen molar-refractivity contribution in [3.63, 3.8) is 0 Å². The number of nitrogen functional groups attached to an aromatic ring is 1. The summed E-state index contributed by atoms with van der Waals surface area (Å²) >= 11 is 0. The number of nitrogens with two attached hydrogens (primary N) is 1. The van der Waals surface area contributed by atoms with Gasteiger partial charge >= 0.3 is 5.97 Å².